The Balaban J connectivity index is 2.28. The summed E-state index contributed by atoms with van der Waals surface area (Å²) in [6, 6.07) is 2.33. The summed E-state index contributed by atoms with van der Waals surface area (Å²) in [5, 5.41) is 2.63. The van der Waals surface area contributed by atoms with E-state index in [1.165, 1.54) is 23.6 Å². The predicted octanol–water partition coefficient (Wildman–Crippen LogP) is 0.593. The lowest BCUT2D eigenvalue weighted by atomic mass is 10.1. The molecular formula is C11H16FN3O2S. The van der Waals surface area contributed by atoms with Crippen molar-refractivity contribution in [2.75, 3.05) is 20.1 Å². The van der Waals surface area contributed by atoms with Crippen molar-refractivity contribution in [2.24, 2.45) is 0 Å². The molecule has 0 spiro atoms. The molecule has 1 aromatic rings. The number of nitrogens with one attached hydrogen (secondary N) is 1. The summed E-state index contributed by atoms with van der Waals surface area (Å²) >= 11 is 0. The molecule has 0 aliphatic carbocycles. The molecule has 1 fully saturated rings. The average molecular weight is 273 g/mol. The lowest BCUT2D eigenvalue weighted by Crippen LogP contribution is -2.46. The zero-order chi connectivity index (χ0) is 13.2. The van der Waals surface area contributed by atoms with Crippen molar-refractivity contribution in [3.8, 4) is 0 Å². The maximum Gasteiger partial charge on any atom is 0.263 e. The number of halogens is 1. The SMILES string of the molecule is CN(C1CCCNC1)S(=O)(=O)c1ncccc1F. The van der Waals surface area contributed by atoms with Crippen LogP contribution in [0, 0.1) is 5.82 Å². The molecular weight excluding hydrogens is 257 g/mol. The van der Waals surface area contributed by atoms with Crippen molar-refractivity contribution in [3.63, 3.8) is 0 Å². The number of hydrogen-bond donors (Lipinski definition) is 1. The first-order chi connectivity index (χ1) is 8.53. The number of piperidine rings is 1. The molecule has 1 aliphatic rings. The van der Waals surface area contributed by atoms with Gasteiger partial charge in [-0.3, -0.25) is 0 Å². The van der Waals surface area contributed by atoms with E-state index in [9.17, 15) is 12.8 Å². The van der Waals surface area contributed by atoms with Crippen LogP contribution in [0.4, 0.5) is 4.39 Å². The molecule has 0 bridgehead atoms. The fraction of sp³-hybridized carbons (Fsp3) is 0.545. The third-order valence-electron chi connectivity index (χ3n) is 3.13. The second-order valence-electron chi connectivity index (χ2n) is 4.31. The average Bonchev–Trinajstić information content (AvgIpc) is 2.39. The maximum atomic E-state index is 13.5. The Kier molecular flexibility index (Phi) is 3.94. The van der Waals surface area contributed by atoms with Crippen molar-refractivity contribution in [2.45, 2.75) is 23.9 Å². The molecule has 1 saturated heterocycles. The minimum Gasteiger partial charge on any atom is -0.315 e. The van der Waals surface area contributed by atoms with Gasteiger partial charge in [-0.25, -0.2) is 17.8 Å². The highest BCUT2D eigenvalue weighted by Gasteiger charge is 2.31. The number of aromatic nitrogens is 1. The first-order valence-corrected chi connectivity index (χ1v) is 7.27. The minimum absolute atomic E-state index is 0.148. The quantitative estimate of drug-likeness (QED) is 0.875. The molecule has 2 rings (SSSR count). The van der Waals surface area contributed by atoms with Gasteiger partial charge in [0.05, 0.1) is 0 Å². The van der Waals surface area contributed by atoms with E-state index in [1.54, 1.807) is 0 Å². The number of nitrogens with zero attached hydrogens (tertiary/aromatic N) is 2. The second-order valence-corrected chi connectivity index (χ2v) is 6.22. The van der Waals surface area contributed by atoms with Crippen molar-refractivity contribution >= 4 is 10.0 Å². The van der Waals surface area contributed by atoms with Gasteiger partial charge >= 0.3 is 0 Å². The molecule has 1 N–H and O–H groups in total. The Morgan fingerprint density at radius 3 is 2.94 bits per heavy atom. The van der Waals surface area contributed by atoms with Gasteiger partial charge in [0.25, 0.3) is 10.0 Å². The summed E-state index contributed by atoms with van der Waals surface area (Å²) < 4.78 is 39.2. The fourth-order valence-electron chi connectivity index (χ4n) is 2.04. The Hall–Kier alpha value is -1.05. The predicted molar refractivity (Wildman–Crippen MR) is 65.0 cm³/mol. The van der Waals surface area contributed by atoms with Gasteiger partial charge in [0.15, 0.2) is 5.82 Å². The van der Waals surface area contributed by atoms with E-state index in [0.717, 1.165) is 25.5 Å². The van der Waals surface area contributed by atoms with Crippen LogP contribution in [-0.4, -0.2) is 43.9 Å². The molecule has 5 nitrogen and oxygen atoms in total. The van der Waals surface area contributed by atoms with E-state index in [2.05, 4.69) is 10.3 Å². The van der Waals surface area contributed by atoms with E-state index >= 15 is 0 Å². The molecule has 7 heteroatoms. The molecule has 2 heterocycles. The van der Waals surface area contributed by atoms with Gasteiger partial charge in [-0.1, -0.05) is 0 Å². The van der Waals surface area contributed by atoms with Crippen LogP contribution in [0.2, 0.25) is 0 Å². The minimum atomic E-state index is -3.86. The Morgan fingerprint density at radius 2 is 2.33 bits per heavy atom. The van der Waals surface area contributed by atoms with Crippen LogP contribution in [0.1, 0.15) is 12.8 Å². The van der Waals surface area contributed by atoms with Crippen LogP contribution >= 0.6 is 0 Å². The molecule has 0 saturated carbocycles. The molecule has 1 atom stereocenters. The Morgan fingerprint density at radius 1 is 1.56 bits per heavy atom. The normalized spacial score (nSPS) is 21.2. The zero-order valence-corrected chi connectivity index (χ0v) is 11.0. The molecule has 1 unspecified atom stereocenters. The van der Waals surface area contributed by atoms with Gasteiger partial charge in [-0.15, -0.1) is 0 Å². The van der Waals surface area contributed by atoms with E-state index in [1.807, 2.05) is 0 Å². The van der Waals surface area contributed by atoms with Gasteiger partial charge in [0.2, 0.25) is 5.03 Å². The summed E-state index contributed by atoms with van der Waals surface area (Å²) in [6.45, 7) is 1.48. The van der Waals surface area contributed by atoms with E-state index in [0.29, 0.717) is 6.54 Å². The largest absolute Gasteiger partial charge is 0.315 e. The van der Waals surface area contributed by atoms with Crippen LogP contribution in [-0.2, 0) is 10.0 Å². The standard InChI is InChI=1S/C11H16FN3O2S/c1-15(9-4-2-6-13-8-9)18(16,17)11-10(12)5-3-7-14-11/h3,5,7,9,13H,2,4,6,8H2,1H3. The van der Waals surface area contributed by atoms with Crippen molar-refractivity contribution in [3.05, 3.63) is 24.1 Å². The number of likely N-dealkylation sites (N-methyl/N-ethyl adjacent to an activating group) is 1. The lowest BCUT2D eigenvalue weighted by molar-refractivity contribution is 0.298. The van der Waals surface area contributed by atoms with Gasteiger partial charge in [-0.2, -0.15) is 4.31 Å². The zero-order valence-electron chi connectivity index (χ0n) is 10.1. The topological polar surface area (TPSA) is 62.3 Å². The van der Waals surface area contributed by atoms with E-state index < -0.39 is 20.9 Å². The number of rotatable bonds is 3. The first kappa shape index (κ1) is 13.4. The summed E-state index contributed by atoms with van der Waals surface area (Å²) in [5.41, 5.74) is 0. The molecule has 1 aliphatic heterocycles. The summed E-state index contributed by atoms with van der Waals surface area (Å²) in [4.78, 5) is 3.64. The third-order valence-corrected chi connectivity index (χ3v) is 4.98. The van der Waals surface area contributed by atoms with Gasteiger partial charge < -0.3 is 5.32 Å². The van der Waals surface area contributed by atoms with Crippen LogP contribution in [0.25, 0.3) is 0 Å². The summed E-state index contributed by atoms with van der Waals surface area (Å²) in [7, 11) is -2.39. The summed E-state index contributed by atoms with van der Waals surface area (Å²) in [5.74, 6) is -0.812. The Labute approximate surface area is 106 Å². The van der Waals surface area contributed by atoms with E-state index in [4.69, 9.17) is 0 Å². The molecule has 0 radical (unpaired) electrons. The molecule has 18 heavy (non-hydrogen) atoms. The van der Waals surface area contributed by atoms with Gasteiger partial charge in [0.1, 0.15) is 0 Å². The number of hydrogen-bond acceptors (Lipinski definition) is 4. The van der Waals surface area contributed by atoms with Crippen molar-refractivity contribution < 1.29 is 12.8 Å². The highest BCUT2D eigenvalue weighted by atomic mass is 32.2. The van der Waals surface area contributed by atoms with Crippen LogP contribution < -0.4 is 5.32 Å². The van der Waals surface area contributed by atoms with Crippen LogP contribution in [0.15, 0.2) is 23.4 Å². The molecule has 1 aromatic heterocycles. The highest BCUT2D eigenvalue weighted by molar-refractivity contribution is 7.89. The molecule has 0 aromatic carbocycles. The second kappa shape index (κ2) is 5.29. The number of pyridine rings is 1. The van der Waals surface area contributed by atoms with Crippen molar-refractivity contribution in [1.82, 2.24) is 14.6 Å². The van der Waals surface area contributed by atoms with Crippen molar-refractivity contribution in [1.29, 1.82) is 0 Å². The Bertz CT molecular complexity index is 515. The maximum absolute atomic E-state index is 13.5. The first-order valence-electron chi connectivity index (χ1n) is 5.83. The third kappa shape index (κ3) is 2.52. The lowest BCUT2D eigenvalue weighted by Gasteiger charge is -2.30. The van der Waals surface area contributed by atoms with Gasteiger partial charge in [-0.05, 0) is 31.5 Å². The van der Waals surface area contributed by atoms with Crippen LogP contribution in [0.5, 0.6) is 0 Å². The molecule has 100 valence electrons. The van der Waals surface area contributed by atoms with Gasteiger partial charge in [0, 0.05) is 25.8 Å². The smallest absolute Gasteiger partial charge is 0.263 e. The fourth-order valence-corrected chi connectivity index (χ4v) is 3.39. The van der Waals surface area contributed by atoms with E-state index in [-0.39, 0.29) is 6.04 Å². The number of sulfonamides is 1. The summed E-state index contributed by atoms with van der Waals surface area (Å²) in [6.07, 6.45) is 2.97. The highest BCUT2D eigenvalue weighted by Crippen LogP contribution is 2.20. The monoisotopic (exact) mass is 273 g/mol. The van der Waals surface area contributed by atoms with Crippen LogP contribution in [0.3, 0.4) is 0 Å². The molecule has 0 amide bonds.